The number of aliphatic hydroxyl groups is 1. The van der Waals surface area contributed by atoms with Crippen LogP contribution in [0.25, 0.3) is 0 Å². The van der Waals surface area contributed by atoms with Crippen LogP contribution in [0.1, 0.15) is 23.9 Å². The van der Waals surface area contributed by atoms with Gasteiger partial charge in [0.15, 0.2) is 5.82 Å². The number of fused-ring (bicyclic) bond motifs is 1. The molecule has 0 saturated carbocycles. The smallest absolute Gasteiger partial charge is 0.229 e. The summed E-state index contributed by atoms with van der Waals surface area (Å²) >= 11 is 0. The molecule has 120 valence electrons. The minimum absolute atomic E-state index is 0.0694. The lowest BCUT2D eigenvalue weighted by Crippen LogP contribution is -2.40. The quantitative estimate of drug-likeness (QED) is 0.727. The number of aromatic nitrogens is 4. The molecule has 8 heteroatoms. The van der Waals surface area contributed by atoms with Crippen LogP contribution < -0.4 is 11.1 Å². The van der Waals surface area contributed by atoms with Gasteiger partial charge in [0.05, 0.1) is 6.04 Å². The van der Waals surface area contributed by atoms with Crippen LogP contribution in [-0.2, 0) is 11.2 Å². The van der Waals surface area contributed by atoms with Crippen LogP contribution in [0.15, 0.2) is 36.8 Å². The molecule has 0 aliphatic carbocycles. The molecule has 0 aromatic carbocycles. The van der Waals surface area contributed by atoms with E-state index in [4.69, 9.17) is 10.8 Å². The van der Waals surface area contributed by atoms with Crippen molar-refractivity contribution < 1.29 is 9.90 Å². The van der Waals surface area contributed by atoms with Gasteiger partial charge in [-0.2, -0.15) is 10.1 Å². The van der Waals surface area contributed by atoms with Crippen molar-refractivity contribution in [3.8, 4) is 0 Å². The van der Waals surface area contributed by atoms with Crippen molar-refractivity contribution in [3.63, 3.8) is 0 Å². The predicted molar refractivity (Wildman–Crippen MR) is 83.3 cm³/mol. The summed E-state index contributed by atoms with van der Waals surface area (Å²) in [5.74, 6) is -0.0452. The molecule has 1 amide bonds. The third-order valence-corrected chi connectivity index (χ3v) is 3.79. The van der Waals surface area contributed by atoms with Gasteiger partial charge < -0.3 is 16.2 Å². The highest BCUT2D eigenvalue weighted by atomic mass is 16.3. The number of rotatable bonds is 5. The van der Waals surface area contributed by atoms with Gasteiger partial charge in [-0.3, -0.25) is 9.78 Å². The fourth-order valence-corrected chi connectivity index (χ4v) is 2.75. The maximum Gasteiger partial charge on any atom is 0.229 e. The molecule has 3 rings (SSSR count). The number of nitrogens with two attached hydrogens (primary N) is 1. The minimum Gasteiger partial charge on any atom is -0.396 e. The monoisotopic (exact) mass is 314 g/mol. The van der Waals surface area contributed by atoms with Crippen molar-refractivity contribution in [1.29, 1.82) is 0 Å². The van der Waals surface area contributed by atoms with E-state index in [0.717, 1.165) is 5.56 Å². The molecule has 0 saturated heterocycles. The minimum atomic E-state index is -0.654. The molecule has 1 aliphatic rings. The van der Waals surface area contributed by atoms with E-state index in [1.165, 1.54) is 0 Å². The van der Waals surface area contributed by atoms with Crippen LogP contribution in [0.2, 0.25) is 0 Å². The van der Waals surface area contributed by atoms with Gasteiger partial charge in [-0.05, 0) is 18.1 Å². The molecule has 1 aliphatic heterocycles. The van der Waals surface area contributed by atoms with E-state index in [1.807, 2.05) is 6.07 Å². The van der Waals surface area contributed by atoms with Crippen molar-refractivity contribution >= 4 is 11.9 Å². The van der Waals surface area contributed by atoms with E-state index < -0.39 is 17.9 Å². The van der Waals surface area contributed by atoms with Gasteiger partial charge in [-0.1, -0.05) is 12.6 Å². The number of primary amides is 1. The Balaban J connectivity index is 2.07. The number of anilines is 1. The third kappa shape index (κ3) is 2.80. The number of nitrogens with zero attached hydrogens (tertiary/aromatic N) is 4. The van der Waals surface area contributed by atoms with Crippen molar-refractivity contribution in [2.24, 2.45) is 11.7 Å². The molecule has 8 nitrogen and oxygen atoms in total. The average Bonchev–Trinajstić information content (AvgIpc) is 2.94. The summed E-state index contributed by atoms with van der Waals surface area (Å²) < 4.78 is 1.65. The molecule has 23 heavy (non-hydrogen) atoms. The van der Waals surface area contributed by atoms with Gasteiger partial charge in [0.25, 0.3) is 0 Å². The van der Waals surface area contributed by atoms with E-state index in [-0.39, 0.29) is 6.61 Å². The van der Waals surface area contributed by atoms with E-state index >= 15 is 0 Å². The topological polar surface area (TPSA) is 119 Å². The molecule has 0 spiro atoms. The highest BCUT2D eigenvalue weighted by Gasteiger charge is 2.39. The zero-order valence-corrected chi connectivity index (χ0v) is 12.5. The molecule has 2 aromatic rings. The second kappa shape index (κ2) is 6.17. The molecule has 0 unspecified atom stereocenters. The van der Waals surface area contributed by atoms with Crippen LogP contribution in [-0.4, -0.2) is 37.4 Å². The van der Waals surface area contributed by atoms with Crippen molar-refractivity contribution in [1.82, 2.24) is 19.7 Å². The highest BCUT2D eigenvalue weighted by Crippen LogP contribution is 2.36. The van der Waals surface area contributed by atoms with Gasteiger partial charge in [-0.25, -0.2) is 4.68 Å². The van der Waals surface area contributed by atoms with Gasteiger partial charge in [0.2, 0.25) is 11.9 Å². The first kappa shape index (κ1) is 15.2. The predicted octanol–water partition coefficient (Wildman–Crippen LogP) is 0.228. The summed E-state index contributed by atoms with van der Waals surface area (Å²) in [5.41, 5.74) is 6.87. The summed E-state index contributed by atoms with van der Waals surface area (Å²) in [7, 11) is 0. The summed E-state index contributed by atoms with van der Waals surface area (Å²) in [6.07, 6.45) is 4.46. The number of carbonyl (C=O) groups excluding carboxylic acids is 1. The summed E-state index contributed by atoms with van der Waals surface area (Å²) in [6, 6.07) is 3.22. The van der Waals surface area contributed by atoms with Gasteiger partial charge >= 0.3 is 0 Å². The number of carbonyl (C=O) groups is 1. The number of pyridine rings is 1. The van der Waals surface area contributed by atoms with E-state index in [1.54, 1.807) is 23.1 Å². The van der Waals surface area contributed by atoms with Crippen LogP contribution in [0.3, 0.4) is 0 Å². The van der Waals surface area contributed by atoms with Gasteiger partial charge in [0, 0.05) is 31.1 Å². The summed E-state index contributed by atoms with van der Waals surface area (Å²) in [6.45, 7) is 3.98. The summed E-state index contributed by atoms with van der Waals surface area (Å²) in [5, 5.41) is 16.4. The Labute approximate surface area is 133 Å². The maximum absolute atomic E-state index is 11.9. The third-order valence-electron chi connectivity index (χ3n) is 3.79. The Kier molecular flexibility index (Phi) is 4.07. The zero-order chi connectivity index (χ0) is 16.4. The Hall–Kier alpha value is -2.74. The lowest BCUT2D eigenvalue weighted by molar-refractivity contribution is -0.121. The van der Waals surface area contributed by atoms with Crippen molar-refractivity contribution in [3.05, 3.63) is 48.2 Å². The average molecular weight is 314 g/mol. The van der Waals surface area contributed by atoms with Crippen LogP contribution in [0, 0.1) is 5.92 Å². The van der Waals surface area contributed by atoms with Crippen molar-refractivity contribution in [2.75, 3.05) is 11.9 Å². The van der Waals surface area contributed by atoms with Crippen molar-refractivity contribution in [2.45, 2.75) is 18.9 Å². The summed E-state index contributed by atoms with van der Waals surface area (Å²) in [4.78, 5) is 20.5. The van der Waals surface area contributed by atoms with E-state index in [9.17, 15) is 4.79 Å². The molecule has 2 atom stereocenters. The Morgan fingerprint density at radius 3 is 3.00 bits per heavy atom. The number of amides is 1. The second-order valence-electron chi connectivity index (χ2n) is 5.38. The Morgan fingerprint density at radius 1 is 1.52 bits per heavy atom. The first-order chi connectivity index (χ1) is 11.1. The molecule has 3 heterocycles. The maximum atomic E-state index is 11.9. The number of aryl methyl sites for hydroxylation is 1. The van der Waals surface area contributed by atoms with E-state index in [2.05, 4.69) is 27.0 Å². The fraction of sp³-hybridized carbons (Fsp3) is 0.333. The molecule has 4 N–H and O–H groups in total. The lowest BCUT2D eigenvalue weighted by atomic mass is 9.89. The number of aliphatic hydroxyl groups excluding tert-OH is 1. The fourth-order valence-electron chi connectivity index (χ4n) is 2.75. The first-order valence-electron chi connectivity index (χ1n) is 7.33. The van der Waals surface area contributed by atoms with Gasteiger partial charge in [-0.15, -0.1) is 0 Å². The second-order valence-corrected chi connectivity index (χ2v) is 5.38. The number of hydrogen-bond acceptors (Lipinski definition) is 6. The highest BCUT2D eigenvalue weighted by molar-refractivity contribution is 5.82. The Bertz CT molecular complexity index is 727. The molecular formula is C15H18N6O2. The number of hydrogen-bond donors (Lipinski definition) is 3. The molecule has 0 fully saturated rings. The van der Waals surface area contributed by atoms with Crippen LogP contribution in [0.4, 0.5) is 5.95 Å². The zero-order valence-electron chi connectivity index (χ0n) is 12.5. The molecule has 0 bridgehead atoms. The lowest BCUT2D eigenvalue weighted by Gasteiger charge is -2.32. The molecular weight excluding hydrogens is 296 g/mol. The van der Waals surface area contributed by atoms with Crippen LogP contribution >= 0.6 is 0 Å². The Morgan fingerprint density at radius 2 is 2.35 bits per heavy atom. The molecule has 2 aromatic heterocycles. The number of nitrogens with one attached hydrogen (secondary N) is 1. The standard InChI is InChI=1S/C15H18N6O2/c1-9-12(14(16)23)13(10-4-2-6-17-8-10)21-15(18-9)19-11(20-21)5-3-7-22/h2,4,6,8,12-13,22H,1,3,5,7H2,(H2,16,23)(H,18,19,20)/t12-,13+/m1/s1. The normalized spacial score (nSPS) is 20.0. The van der Waals surface area contributed by atoms with E-state index in [0.29, 0.717) is 30.3 Å². The van der Waals surface area contributed by atoms with Gasteiger partial charge in [0.1, 0.15) is 5.92 Å². The first-order valence-corrected chi connectivity index (χ1v) is 7.33. The SMILES string of the molecule is C=C1Nc2nc(CCCO)nn2[C@@H](c2cccnc2)[C@@H]1C(N)=O. The van der Waals surface area contributed by atoms with Crippen LogP contribution in [0.5, 0.6) is 0 Å². The largest absolute Gasteiger partial charge is 0.396 e. The molecule has 0 radical (unpaired) electrons.